The van der Waals surface area contributed by atoms with Crippen LogP contribution in [-0.4, -0.2) is 30.9 Å². The largest absolute Gasteiger partial charge is 0.452 e. The third-order valence-corrected chi connectivity index (χ3v) is 5.60. The number of aryl methyl sites for hydroxylation is 1. The summed E-state index contributed by atoms with van der Waals surface area (Å²) in [7, 11) is 0. The first kappa shape index (κ1) is 23.5. The van der Waals surface area contributed by atoms with Crippen LogP contribution >= 0.6 is 11.3 Å². The number of benzene rings is 1. The Morgan fingerprint density at radius 1 is 1.10 bits per heavy atom. The molecule has 0 aliphatic rings. The molecule has 1 aromatic heterocycles. The number of thiophene rings is 1. The summed E-state index contributed by atoms with van der Waals surface area (Å²) in [6.45, 7) is 8.89. The highest BCUT2D eigenvalue weighted by molar-refractivity contribution is 7.16. The summed E-state index contributed by atoms with van der Waals surface area (Å²) in [5.41, 5.74) is 1.26. The van der Waals surface area contributed by atoms with Gasteiger partial charge in [0, 0.05) is 16.8 Å². The molecule has 2 aromatic rings. The number of hydrogen-bond donors (Lipinski definition) is 2. The minimum absolute atomic E-state index is 0.212. The van der Waals surface area contributed by atoms with Crippen molar-refractivity contribution in [1.29, 1.82) is 0 Å². The predicted octanol–water partition coefficient (Wildman–Crippen LogP) is 4.00. The summed E-state index contributed by atoms with van der Waals surface area (Å²) < 4.78 is 18.1. The third kappa shape index (κ3) is 6.38. The van der Waals surface area contributed by atoms with Crippen molar-refractivity contribution < 1.29 is 23.5 Å². The Balaban J connectivity index is 1.91. The summed E-state index contributed by atoms with van der Waals surface area (Å²) in [4.78, 5) is 37.8. The van der Waals surface area contributed by atoms with Crippen LogP contribution in [0.3, 0.4) is 0 Å². The lowest BCUT2D eigenvalue weighted by Crippen LogP contribution is -2.31. The molecule has 2 amide bonds. The normalized spacial score (nSPS) is 11.1. The van der Waals surface area contributed by atoms with E-state index in [0.717, 1.165) is 10.4 Å². The number of anilines is 1. The van der Waals surface area contributed by atoms with Crippen molar-refractivity contribution in [2.24, 2.45) is 5.41 Å². The van der Waals surface area contributed by atoms with E-state index in [-0.39, 0.29) is 17.3 Å². The lowest BCUT2D eigenvalue weighted by molar-refractivity contribution is -0.124. The van der Waals surface area contributed by atoms with E-state index in [9.17, 15) is 18.8 Å². The van der Waals surface area contributed by atoms with E-state index in [1.165, 1.54) is 23.5 Å². The van der Waals surface area contributed by atoms with Crippen molar-refractivity contribution in [3.05, 3.63) is 51.7 Å². The van der Waals surface area contributed by atoms with E-state index in [4.69, 9.17) is 4.74 Å². The van der Waals surface area contributed by atoms with Crippen molar-refractivity contribution in [3.63, 3.8) is 0 Å². The molecule has 0 fully saturated rings. The fourth-order valence-corrected chi connectivity index (χ4v) is 3.55. The second kappa shape index (κ2) is 9.84. The smallest absolute Gasteiger partial charge is 0.341 e. The zero-order chi connectivity index (χ0) is 22.5. The van der Waals surface area contributed by atoms with Gasteiger partial charge in [-0.3, -0.25) is 9.59 Å². The first-order chi connectivity index (χ1) is 14.0. The van der Waals surface area contributed by atoms with E-state index in [1.807, 2.05) is 6.92 Å². The van der Waals surface area contributed by atoms with Crippen LogP contribution in [0.2, 0.25) is 0 Å². The molecular weight excluding hydrogens is 407 g/mol. The molecule has 0 saturated heterocycles. The lowest BCUT2D eigenvalue weighted by atomic mass is 9.96. The molecule has 1 heterocycles. The van der Waals surface area contributed by atoms with Crippen molar-refractivity contribution in [2.45, 2.75) is 41.0 Å². The highest BCUT2D eigenvalue weighted by atomic mass is 32.1. The van der Waals surface area contributed by atoms with Crippen LogP contribution in [0.25, 0.3) is 0 Å². The zero-order valence-corrected chi connectivity index (χ0v) is 18.7. The Kier molecular flexibility index (Phi) is 7.72. The molecule has 0 spiro atoms. The molecule has 0 atom stereocenters. The van der Waals surface area contributed by atoms with E-state index < -0.39 is 23.9 Å². The average molecular weight is 435 g/mol. The van der Waals surface area contributed by atoms with Gasteiger partial charge in [-0.05, 0) is 43.5 Å². The van der Waals surface area contributed by atoms with Gasteiger partial charge in [0.25, 0.3) is 5.91 Å². The van der Waals surface area contributed by atoms with Gasteiger partial charge in [0.15, 0.2) is 6.61 Å². The second-order valence-corrected chi connectivity index (χ2v) is 9.22. The maximum Gasteiger partial charge on any atom is 0.341 e. The maximum absolute atomic E-state index is 12.9. The van der Waals surface area contributed by atoms with Crippen molar-refractivity contribution >= 4 is 34.1 Å². The highest BCUT2D eigenvalue weighted by Crippen LogP contribution is 2.34. The molecule has 0 unspecified atom stereocenters. The van der Waals surface area contributed by atoms with E-state index in [1.54, 1.807) is 39.8 Å². The van der Waals surface area contributed by atoms with Gasteiger partial charge in [-0.1, -0.05) is 32.9 Å². The number of ether oxygens (including phenoxy) is 1. The number of amides is 2. The average Bonchev–Trinajstić information content (AvgIpc) is 2.94. The van der Waals surface area contributed by atoms with E-state index in [0.29, 0.717) is 23.5 Å². The summed E-state index contributed by atoms with van der Waals surface area (Å²) in [6, 6.07) is 6.02. The van der Waals surface area contributed by atoms with Gasteiger partial charge in [0.1, 0.15) is 10.8 Å². The Labute approximate surface area is 179 Å². The van der Waals surface area contributed by atoms with Gasteiger partial charge < -0.3 is 15.4 Å². The molecule has 0 aliphatic heterocycles. The first-order valence-corrected chi connectivity index (χ1v) is 10.4. The molecule has 0 saturated carbocycles. The quantitative estimate of drug-likeness (QED) is 0.645. The number of nitrogens with one attached hydrogen (secondary N) is 2. The van der Waals surface area contributed by atoms with Gasteiger partial charge in [-0.25, -0.2) is 9.18 Å². The molecule has 0 radical (unpaired) electrons. The standard InChI is InChI=1S/C22H27FN2O4S/c1-13-14(2)30-19(25-21(28)22(3,4)5)18(13)20(27)29-12-17(26)24-11-10-15-6-8-16(23)9-7-15/h6-9H,10-12H2,1-5H3,(H,24,26)(H,25,28). The first-order valence-electron chi connectivity index (χ1n) is 9.58. The van der Waals surface area contributed by atoms with Gasteiger partial charge in [0.2, 0.25) is 5.91 Å². The molecule has 162 valence electrons. The molecule has 8 heteroatoms. The van der Waals surface area contributed by atoms with Crippen molar-refractivity contribution in [1.82, 2.24) is 5.32 Å². The molecule has 0 bridgehead atoms. The van der Waals surface area contributed by atoms with Crippen LogP contribution in [0, 0.1) is 25.1 Å². The van der Waals surface area contributed by atoms with Crippen LogP contribution in [0.4, 0.5) is 9.39 Å². The third-order valence-electron chi connectivity index (χ3n) is 4.48. The Morgan fingerprint density at radius 2 is 1.73 bits per heavy atom. The fourth-order valence-electron chi connectivity index (χ4n) is 2.50. The number of carbonyl (C=O) groups excluding carboxylic acids is 3. The number of carbonyl (C=O) groups is 3. The van der Waals surface area contributed by atoms with E-state index in [2.05, 4.69) is 10.6 Å². The van der Waals surface area contributed by atoms with Crippen molar-refractivity contribution in [3.8, 4) is 0 Å². The number of hydrogen-bond acceptors (Lipinski definition) is 5. The number of rotatable bonds is 7. The molecule has 2 rings (SSSR count). The molecule has 6 nitrogen and oxygen atoms in total. The van der Waals surface area contributed by atoms with Crippen LogP contribution in [0.15, 0.2) is 24.3 Å². The summed E-state index contributed by atoms with van der Waals surface area (Å²) in [5, 5.41) is 5.87. The minimum Gasteiger partial charge on any atom is -0.452 e. The molecule has 30 heavy (non-hydrogen) atoms. The predicted molar refractivity (Wildman–Crippen MR) is 115 cm³/mol. The Hall–Kier alpha value is -2.74. The fraction of sp³-hybridized carbons (Fsp3) is 0.409. The highest BCUT2D eigenvalue weighted by Gasteiger charge is 2.27. The molecule has 1 aromatic carbocycles. The molecule has 0 aliphatic carbocycles. The van der Waals surface area contributed by atoms with Gasteiger partial charge in [0.05, 0.1) is 5.56 Å². The van der Waals surface area contributed by atoms with Crippen LogP contribution in [0.1, 0.15) is 47.1 Å². The lowest BCUT2D eigenvalue weighted by Gasteiger charge is -2.17. The summed E-state index contributed by atoms with van der Waals surface area (Å²) in [6.07, 6.45) is 0.534. The van der Waals surface area contributed by atoms with Gasteiger partial charge >= 0.3 is 5.97 Å². The molecular formula is C22H27FN2O4S. The number of halogens is 1. The minimum atomic E-state index is -0.658. The SMILES string of the molecule is Cc1sc(NC(=O)C(C)(C)C)c(C(=O)OCC(=O)NCCc2ccc(F)cc2)c1C. The maximum atomic E-state index is 12.9. The topological polar surface area (TPSA) is 84.5 Å². The molecule has 2 N–H and O–H groups in total. The zero-order valence-electron chi connectivity index (χ0n) is 17.8. The Bertz CT molecular complexity index is 930. The van der Waals surface area contributed by atoms with Crippen molar-refractivity contribution in [2.75, 3.05) is 18.5 Å². The van der Waals surface area contributed by atoms with Crippen LogP contribution < -0.4 is 10.6 Å². The Morgan fingerprint density at radius 3 is 2.33 bits per heavy atom. The summed E-state index contributed by atoms with van der Waals surface area (Å²) >= 11 is 1.30. The van der Waals surface area contributed by atoms with Gasteiger partial charge in [-0.15, -0.1) is 11.3 Å². The second-order valence-electron chi connectivity index (χ2n) is 7.99. The van der Waals surface area contributed by atoms with Crippen LogP contribution in [-0.2, 0) is 20.7 Å². The van der Waals surface area contributed by atoms with Crippen LogP contribution in [0.5, 0.6) is 0 Å². The number of esters is 1. The monoisotopic (exact) mass is 434 g/mol. The summed E-state index contributed by atoms with van der Waals surface area (Å²) in [5.74, 6) is -1.62. The van der Waals surface area contributed by atoms with Gasteiger partial charge in [-0.2, -0.15) is 0 Å². The van der Waals surface area contributed by atoms with E-state index >= 15 is 0 Å².